The van der Waals surface area contributed by atoms with Crippen molar-refractivity contribution < 1.29 is 4.79 Å². The Labute approximate surface area is 86.3 Å². The van der Waals surface area contributed by atoms with Gasteiger partial charge in [-0.3, -0.25) is 0 Å². The van der Waals surface area contributed by atoms with E-state index < -0.39 is 0 Å². The molecule has 0 aliphatic carbocycles. The Balaban J connectivity index is 0.000000791. The smallest absolute Gasteiger partial charge is 0.137 e. The maximum Gasteiger partial charge on any atom is 0.137 e. The minimum absolute atomic E-state index is 0.0626. The number of benzene rings is 1. The standard InChI is InChI=1S/C10H13NO.C2H6/c1-11-10(8-12)7-9-5-3-2-4-6-9;1-2/h2-6,8,10-11H,7H2,1H3;1-2H3. The summed E-state index contributed by atoms with van der Waals surface area (Å²) in [5.41, 5.74) is 1.18. The van der Waals surface area contributed by atoms with Gasteiger partial charge in [0.15, 0.2) is 0 Å². The van der Waals surface area contributed by atoms with Crippen LogP contribution in [0, 0.1) is 0 Å². The molecule has 0 saturated heterocycles. The summed E-state index contributed by atoms with van der Waals surface area (Å²) >= 11 is 0. The Morgan fingerprint density at radius 2 is 1.86 bits per heavy atom. The van der Waals surface area contributed by atoms with Crippen LogP contribution in [0.4, 0.5) is 0 Å². The summed E-state index contributed by atoms with van der Waals surface area (Å²) in [5, 5.41) is 2.93. The molecule has 0 heterocycles. The number of carbonyl (C=O) groups excluding carboxylic acids is 1. The summed E-state index contributed by atoms with van der Waals surface area (Å²) in [4.78, 5) is 10.5. The van der Waals surface area contributed by atoms with Crippen LogP contribution in [0.1, 0.15) is 19.4 Å². The second kappa shape index (κ2) is 8.45. The highest BCUT2D eigenvalue weighted by molar-refractivity contribution is 5.58. The van der Waals surface area contributed by atoms with Gasteiger partial charge >= 0.3 is 0 Å². The monoisotopic (exact) mass is 193 g/mol. The maximum atomic E-state index is 10.5. The average Bonchev–Trinajstić information content (AvgIpc) is 2.30. The second-order valence-corrected chi connectivity index (χ2v) is 2.72. The third-order valence-electron chi connectivity index (χ3n) is 1.83. The highest BCUT2D eigenvalue weighted by Crippen LogP contribution is 2.01. The van der Waals surface area contributed by atoms with Gasteiger partial charge in [0.1, 0.15) is 6.29 Å². The zero-order valence-corrected chi connectivity index (χ0v) is 9.16. The fraction of sp³-hybridized carbons (Fsp3) is 0.417. The van der Waals surface area contributed by atoms with E-state index in [0.29, 0.717) is 0 Å². The van der Waals surface area contributed by atoms with Crippen LogP contribution < -0.4 is 5.32 Å². The van der Waals surface area contributed by atoms with Gasteiger partial charge < -0.3 is 10.1 Å². The van der Waals surface area contributed by atoms with Crippen LogP contribution in [0.3, 0.4) is 0 Å². The lowest BCUT2D eigenvalue weighted by molar-refractivity contribution is -0.109. The molecule has 0 aliphatic rings. The summed E-state index contributed by atoms with van der Waals surface area (Å²) in [6.07, 6.45) is 1.70. The molecule has 2 heteroatoms. The predicted octanol–water partition coefficient (Wildman–Crippen LogP) is 2.04. The fourth-order valence-corrected chi connectivity index (χ4v) is 1.09. The third-order valence-corrected chi connectivity index (χ3v) is 1.83. The van der Waals surface area contributed by atoms with E-state index in [-0.39, 0.29) is 6.04 Å². The van der Waals surface area contributed by atoms with Crippen LogP contribution in [-0.2, 0) is 11.2 Å². The van der Waals surface area contributed by atoms with Crippen molar-refractivity contribution in [3.05, 3.63) is 35.9 Å². The first-order valence-corrected chi connectivity index (χ1v) is 5.03. The molecule has 0 spiro atoms. The van der Waals surface area contributed by atoms with Crippen LogP contribution in [0.25, 0.3) is 0 Å². The van der Waals surface area contributed by atoms with Gasteiger partial charge in [0.25, 0.3) is 0 Å². The van der Waals surface area contributed by atoms with E-state index in [9.17, 15) is 4.79 Å². The summed E-state index contributed by atoms with van der Waals surface area (Å²) in [7, 11) is 1.79. The Bertz CT molecular complexity index is 233. The number of carbonyl (C=O) groups is 1. The Kier molecular flexibility index (Phi) is 7.75. The molecule has 0 fully saturated rings. The zero-order chi connectivity index (χ0) is 10.8. The van der Waals surface area contributed by atoms with E-state index in [1.165, 1.54) is 5.56 Å². The number of aldehydes is 1. The first kappa shape index (κ1) is 12.8. The molecule has 0 aliphatic heterocycles. The quantitative estimate of drug-likeness (QED) is 0.741. The summed E-state index contributed by atoms with van der Waals surface area (Å²) in [5.74, 6) is 0. The lowest BCUT2D eigenvalue weighted by Crippen LogP contribution is -2.28. The van der Waals surface area contributed by atoms with Crippen LogP contribution in [0.15, 0.2) is 30.3 Å². The molecule has 0 saturated carbocycles. The minimum atomic E-state index is -0.0626. The van der Waals surface area contributed by atoms with Gasteiger partial charge in [0, 0.05) is 0 Å². The van der Waals surface area contributed by atoms with Crippen LogP contribution >= 0.6 is 0 Å². The van der Waals surface area contributed by atoms with E-state index in [0.717, 1.165) is 12.7 Å². The summed E-state index contributed by atoms with van der Waals surface area (Å²) in [6.45, 7) is 4.00. The first-order valence-electron chi connectivity index (χ1n) is 5.03. The molecule has 1 N–H and O–H groups in total. The molecule has 1 aromatic rings. The van der Waals surface area contributed by atoms with Gasteiger partial charge in [-0.1, -0.05) is 44.2 Å². The molecule has 1 unspecified atom stereocenters. The highest BCUT2D eigenvalue weighted by atomic mass is 16.1. The van der Waals surface area contributed by atoms with Crippen molar-refractivity contribution in [1.29, 1.82) is 0 Å². The summed E-state index contributed by atoms with van der Waals surface area (Å²) < 4.78 is 0. The number of likely N-dealkylation sites (N-methyl/N-ethyl adjacent to an activating group) is 1. The zero-order valence-electron chi connectivity index (χ0n) is 9.16. The number of hydrogen-bond donors (Lipinski definition) is 1. The Morgan fingerprint density at radius 3 is 2.29 bits per heavy atom. The van der Waals surface area contributed by atoms with Crippen molar-refractivity contribution in [3.63, 3.8) is 0 Å². The highest BCUT2D eigenvalue weighted by Gasteiger charge is 2.03. The van der Waals surface area contributed by atoms with Crippen molar-refractivity contribution in [2.45, 2.75) is 26.3 Å². The molecule has 0 aromatic heterocycles. The molecule has 2 nitrogen and oxygen atoms in total. The number of hydrogen-bond acceptors (Lipinski definition) is 2. The van der Waals surface area contributed by atoms with E-state index in [1.54, 1.807) is 7.05 Å². The van der Waals surface area contributed by atoms with E-state index >= 15 is 0 Å². The maximum absolute atomic E-state index is 10.5. The largest absolute Gasteiger partial charge is 0.311 e. The van der Waals surface area contributed by atoms with Gasteiger partial charge in [0.05, 0.1) is 6.04 Å². The topological polar surface area (TPSA) is 29.1 Å². The average molecular weight is 193 g/mol. The Morgan fingerprint density at radius 1 is 1.29 bits per heavy atom. The molecule has 0 bridgehead atoms. The molecule has 0 amide bonds. The molecule has 78 valence electrons. The van der Waals surface area contributed by atoms with E-state index in [4.69, 9.17) is 0 Å². The van der Waals surface area contributed by atoms with Crippen LogP contribution in [-0.4, -0.2) is 19.4 Å². The molecule has 1 rings (SSSR count). The van der Waals surface area contributed by atoms with Crippen molar-refractivity contribution >= 4 is 6.29 Å². The lowest BCUT2D eigenvalue weighted by Gasteiger charge is -2.07. The van der Waals surface area contributed by atoms with Crippen LogP contribution in [0.5, 0.6) is 0 Å². The van der Waals surface area contributed by atoms with Crippen molar-refractivity contribution in [2.75, 3.05) is 7.05 Å². The van der Waals surface area contributed by atoms with Crippen LogP contribution in [0.2, 0.25) is 0 Å². The number of rotatable bonds is 4. The normalized spacial score (nSPS) is 11.1. The SMILES string of the molecule is CC.CNC(C=O)Cc1ccccc1. The molecule has 14 heavy (non-hydrogen) atoms. The minimum Gasteiger partial charge on any atom is -0.311 e. The van der Waals surface area contributed by atoms with Crippen molar-refractivity contribution in [2.24, 2.45) is 0 Å². The van der Waals surface area contributed by atoms with Gasteiger partial charge in [-0.05, 0) is 19.0 Å². The summed E-state index contributed by atoms with van der Waals surface area (Å²) in [6, 6.07) is 9.91. The van der Waals surface area contributed by atoms with Gasteiger partial charge in [-0.15, -0.1) is 0 Å². The predicted molar refractivity (Wildman–Crippen MR) is 60.4 cm³/mol. The van der Waals surface area contributed by atoms with Gasteiger partial charge in [-0.2, -0.15) is 0 Å². The van der Waals surface area contributed by atoms with E-state index in [2.05, 4.69) is 5.32 Å². The number of nitrogens with one attached hydrogen (secondary N) is 1. The van der Waals surface area contributed by atoms with Crippen molar-refractivity contribution in [3.8, 4) is 0 Å². The van der Waals surface area contributed by atoms with Crippen molar-refractivity contribution in [1.82, 2.24) is 5.32 Å². The third kappa shape index (κ3) is 4.77. The first-order chi connectivity index (χ1) is 6.86. The van der Waals surface area contributed by atoms with E-state index in [1.807, 2.05) is 44.2 Å². The molecule has 0 radical (unpaired) electrons. The molecular weight excluding hydrogens is 174 g/mol. The van der Waals surface area contributed by atoms with Gasteiger partial charge in [0.2, 0.25) is 0 Å². The fourth-order valence-electron chi connectivity index (χ4n) is 1.09. The van der Waals surface area contributed by atoms with Gasteiger partial charge in [-0.25, -0.2) is 0 Å². The Hall–Kier alpha value is -1.15. The lowest BCUT2D eigenvalue weighted by atomic mass is 10.1. The molecular formula is C12H19NO. The second-order valence-electron chi connectivity index (χ2n) is 2.72. The molecule has 1 aromatic carbocycles. The molecule has 1 atom stereocenters.